The van der Waals surface area contributed by atoms with Crippen LogP contribution in [-0.2, 0) is 0 Å². The third-order valence-corrected chi connectivity index (χ3v) is 2.72. The van der Waals surface area contributed by atoms with Crippen molar-refractivity contribution in [3.63, 3.8) is 0 Å². The van der Waals surface area contributed by atoms with Gasteiger partial charge in [0.25, 0.3) is 0 Å². The normalized spacial score (nSPS) is 32.9. The summed E-state index contributed by atoms with van der Waals surface area (Å²) >= 11 is 0. The molecule has 4 heteroatoms. The van der Waals surface area contributed by atoms with Crippen molar-refractivity contribution >= 4 is 6.34 Å². The van der Waals surface area contributed by atoms with Crippen LogP contribution in [0.2, 0.25) is 0 Å². The molecule has 0 aromatic heterocycles. The van der Waals surface area contributed by atoms with Gasteiger partial charge in [-0.2, -0.15) is 0 Å². The van der Waals surface area contributed by atoms with Gasteiger partial charge < -0.3 is 10.2 Å². The number of likely N-dealkylation sites (tertiary alicyclic amines) is 1. The van der Waals surface area contributed by atoms with Gasteiger partial charge >= 0.3 is 0 Å². The number of hydrogen-bond acceptors (Lipinski definition) is 4. The van der Waals surface area contributed by atoms with E-state index in [1.54, 1.807) is 6.34 Å². The van der Waals surface area contributed by atoms with Crippen molar-refractivity contribution in [1.29, 1.82) is 0 Å². The predicted molar refractivity (Wildman–Crippen MR) is 58.2 cm³/mol. The Morgan fingerprint density at radius 2 is 2.50 bits per heavy atom. The minimum Gasteiger partial charge on any atom is -0.353 e. The van der Waals surface area contributed by atoms with Crippen LogP contribution in [0.1, 0.15) is 12.8 Å². The SMILES string of the molecule is CN1CCCC(NC2C=CNC=N2)C1. The highest BCUT2D eigenvalue weighted by Gasteiger charge is 2.18. The van der Waals surface area contributed by atoms with Crippen molar-refractivity contribution in [3.8, 4) is 0 Å². The molecule has 0 saturated carbocycles. The molecule has 0 spiro atoms. The van der Waals surface area contributed by atoms with Crippen LogP contribution < -0.4 is 10.6 Å². The number of aliphatic imine (C=N–C) groups is 1. The summed E-state index contributed by atoms with van der Waals surface area (Å²) in [5.74, 6) is 0. The molecule has 4 nitrogen and oxygen atoms in total. The van der Waals surface area contributed by atoms with E-state index in [1.807, 2.05) is 6.20 Å². The number of hydrogen-bond donors (Lipinski definition) is 2. The van der Waals surface area contributed by atoms with E-state index in [0.717, 1.165) is 6.54 Å². The molecule has 0 aromatic carbocycles. The van der Waals surface area contributed by atoms with Crippen LogP contribution in [-0.4, -0.2) is 43.6 Å². The van der Waals surface area contributed by atoms with Gasteiger partial charge in [0.05, 0.1) is 6.34 Å². The Morgan fingerprint density at radius 3 is 3.21 bits per heavy atom. The van der Waals surface area contributed by atoms with Crippen molar-refractivity contribution < 1.29 is 0 Å². The molecule has 0 aromatic rings. The fourth-order valence-corrected chi connectivity index (χ4v) is 2.01. The molecule has 1 saturated heterocycles. The zero-order chi connectivity index (χ0) is 9.80. The van der Waals surface area contributed by atoms with Crippen molar-refractivity contribution in [1.82, 2.24) is 15.5 Å². The molecule has 78 valence electrons. The maximum Gasteiger partial charge on any atom is 0.122 e. The molecular formula is C10H18N4. The second kappa shape index (κ2) is 4.57. The van der Waals surface area contributed by atoms with E-state index in [0.29, 0.717) is 6.04 Å². The Bertz CT molecular complexity index is 224. The molecule has 2 unspecified atom stereocenters. The lowest BCUT2D eigenvalue weighted by Gasteiger charge is -2.31. The highest BCUT2D eigenvalue weighted by Crippen LogP contribution is 2.09. The molecular weight excluding hydrogens is 176 g/mol. The summed E-state index contributed by atoms with van der Waals surface area (Å²) in [6.07, 6.45) is 8.42. The van der Waals surface area contributed by atoms with Gasteiger partial charge in [-0.05, 0) is 32.5 Å². The van der Waals surface area contributed by atoms with Crippen molar-refractivity contribution in [2.24, 2.45) is 4.99 Å². The van der Waals surface area contributed by atoms with Crippen molar-refractivity contribution in [2.75, 3.05) is 20.1 Å². The molecule has 14 heavy (non-hydrogen) atoms. The lowest BCUT2D eigenvalue weighted by Crippen LogP contribution is -2.47. The lowest BCUT2D eigenvalue weighted by molar-refractivity contribution is 0.222. The molecule has 2 aliphatic heterocycles. The number of rotatable bonds is 2. The first-order valence-electron chi connectivity index (χ1n) is 5.23. The average Bonchev–Trinajstić information content (AvgIpc) is 2.19. The molecule has 2 atom stereocenters. The van der Waals surface area contributed by atoms with Gasteiger partial charge in [-0.15, -0.1) is 0 Å². The third kappa shape index (κ3) is 2.56. The lowest BCUT2D eigenvalue weighted by atomic mass is 10.1. The summed E-state index contributed by atoms with van der Waals surface area (Å²) < 4.78 is 0. The number of likely N-dealkylation sites (N-methyl/N-ethyl adjacent to an activating group) is 1. The maximum atomic E-state index is 4.30. The van der Waals surface area contributed by atoms with Crippen LogP contribution in [0.3, 0.4) is 0 Å². The standard InChI is InChI=1S/C10H18N4/c1-14-6-2-3-9(7-14)13-10-4-5-11-8-12-10/h4-5,8-10,13H,2-3,6-7H2,1H3,(H,11,12). The number of piperidine rings is 1. The molecule has 0 amide bonds. The second-order valence-corrected chi connectivity index (χ2v) is 4.02. The maximum absolute atomic E-state index is 4.30. The monoisotopic (exact) mass is 194 g/mol. The van der Waals surface area contributed by atoms with E-state index >= 15 is 0 Å². The van der Waals surface area contributed by atoms with Crippen molar-refractivity contribution in [3.05, 3.63) is 12.3 Å². The molecule has 2 N–H and O–H groups in total. The summed E-state index contributed by atoms with van der Waals surface area (Å²) in [5.41, 5.74) is 0. The zero-order valence-corrected chi connectivity index (χ0v) is 8.61. The predicted octanol–water partition coefficient (Wildman–Crippen LogP) is 0.142. The van der Waals surface area contributed by atoms with E-state index < -0.39 is 0 Å². The molecule has 0 radical (unpaired) electrons. The van der Waals surface area contributed by atoms with Gasteiger partial charge in [-0.25, -0.2) is 0 Å². The third-order valence-electron chi connectivity index (χ3n) is 2.72. The minimum absolute atomic E-state index is 0.160. The summed E-state index contributed by atoms with van der Waals surface area (Å²) in [6.45, 7) is 2.36. The Balaban J connectivity index is 1.81. The Hall–Kier alpha value is -0.870. The van der Waals surface area contributed by atoms with Gasteiger partial charge in [-0.3, -0.25) is 10.3 Å². The Kier molecular flexibility index (Phi) is 3.16. The Morgan fingerprint density at radius 1 is 1.57 bits per heavy atom. The number of nitrogens with one attached hydrogen (secondary N) is 2. The van der Waals surface area contributed by atoms with Crippen LogP contribution in [0.4, 0.5) is 0 Å². The summed E-state index contributed by atoms with van der Waals surface area (Å²) in [7, 11) is 2.18. The van der Waals surface area contributed by atoms with E-state index in [2.05, 4.69) is 33.6 Å². The number of nitrogens with zero attached hydrogens (tertiary/aromatic N) is 2. The van der Waals surface area contributed by atoms with E-state index in [4.69, 9.17) is 0 Å². The summed E-state index contributed by atoms with van der Waals surface area (Å²) in [5, 5.41) is 6.46. The molecule has 2 rings (SSSR count). The largest absolute Gasteiger partial charge is 0.353 e. The molecule has 0 aliphatic carbocycles. The first-order chi connectivity index (χ1) is 6.84. The van der Waals surface area contributed by atoms with Gasteiger partial charge in [-0.1, -0.05) is 0 Å². The van der Waals surface area contributed by atoms with Crippen LogP contribution in [0.5, 0.6) is 0 Å². The molecule has 0 bridgehead atoms. The fourth-order valence-electron chi connectivity index (χ4n) is 2.01. The molecule has 1 fully saturated rings. The highest BCUT2D eigenvalue weighted by atomic mass is 15.2. The van der Waals surface area contributed by atoms with Crippen LogP contribution in [0, 0.1) is 0 Å². The first-order valence-corrected chi connectivity index (χ1v) is 5.23. The fraction of sp³-hybridized carbons (Fsp3) is 0.700. The smallest absolute Gasteiger partial charge is 0.122 e. The summed E-state index contributed by atoms with van der Waals surface area (Å²) in [4.78, 5) is 6.67. The van der Waals surface area contributed by atoms with Gasteiger partial charge in [0.15, 0.2) is 0 Å². The highest BCUT2D eigenvalue weighted by molar-refractivity contribution is 5.57. The van der Waals surface area contributed by atoms with E-state index in [9.17, 15) is 0 Å². The summed E-state index contributed by atoms with van der Waals surface area (Å²) in [6, 6.07) is 0.582. The molecule has 2 heterocycles. The van der Waals surface area contributed by atoms with Crippen molar-refractivity contribution in [2.45, 2.75) is 25.0 Å². The zero-order valence-electron chi connectivity index (χ0n) is 8.61. The van der Waals surface area contributed by atoms with Crippen LogP contribution in [0.25, 0.3) is 0 Å². The van der Waals surface area contributed by atoms with E-state index in [1.165, 1.54) is 19.4 Å². The first kappa shape index (κ1) is 9.68. The van der Waals surface area contributed by atoms with Crippen LogP contribution >= 0.6 is 0 Å². The van der Waals surface area contributed by atoms with E-state index in [-0.39, 0.29) is 6.17 Å². The topological polar surface area (TPSA) is 39.7 Å². The van der Waals surface area contributed by atoms with Gasteiger partial charge in [0.1, 0.15) is 6.17 Å². The second-order valence-electron chi connectivity index (χ2n) is 4.02. The minimum atomic E-state index is 0.160. The Labute approximate surface area is 85.1 Å². The van der Waals surface area contributed by atoms with Gasteiger partial charge in [0, 0.05) is 18.8 Å². The average molecular weight is 194 g/mol. The quantitative estimate of drug-likeness (QED) is 0.657. The molecule has 2 aliphatic rings. The van der Waals surface area contributed by atoms with Crippen LogP contribution in [0.15, 0.2) is 17.3 Å². The van der Waals surface area contributed by atoms with Gasteiger partial charge in [0.2, 0.25) is 0 Å².